The van der Waals surface area contributed by atoms with E-state index in [4.69, 9.17) is 14.2 Å². The predicted molar refractivity (Wildman–Crippen MR) is 120 cm³/mol. The number of benzene rings is 1. The molecule has 168 valence electrons. The van der Waals surface area contributed by atoms with Crippen molar-refractivity contribution < 1.29 is 19.0 Å². The number of hydrogen-bond acceptors (Lipinski definition) is 6. The summed E-state index contributed by atoms with van der Waals surface area (Å²) in [5.74, 6) is 1.83. The van der Waals surface area contributed by atoms with Gasteiger partial charge in [0, 0.05) is 23.9 Å². The molecule has 8 heteroatoms. The van der Waals surface area contributed by atoms with Crippen molar-refractivity contribution in [2.75, 3.05) is 14.2 Å². The zero-order valence-corrected chi connectivity index (χ0v) is 18.6. The molecule has 0 unspecified atom stereocenters. The van der Waals surface area contributed by atoms with Crippen molar-refractivity contribution in [3.05, 3.63) is 53.9 Å². The number of amides is 1. The highest BCUT2D eigenvalue weighted by molar-refractivity contribution is 5.93. The van der Waals surface area contributed by atoms with E-state index in [1.54, 1.807) is 26.5 Å². The Balaban J connectivity index is 1.34. The van der Waals surface area contributed by atoms with Crippen molar-refractivity contribution in [1.82, 2.24) is 20.5 Å². The van der Waals surface area contributed by atoms with Crippen LogP contribution in [0.3, 0.4) is 0 Å². The summed E-state index contributed by atoms with van der Waals surface area (Å²) in [6.07, 6.45) is 5.38. The SMILES string of the molecule is COc1ccc(OC)c(-c2cc(C(=O)NC3CCC(Oc4ccc(C)cn4)CC3)[nH]n2)c1. The van der Waals surface area contributed by atoms with Crippen LogP contribution in [0.15, 0.2) is 42.6 Å². The summed E-state index contributed by atoms with van der Waals surface area (Å²) in [5, 5.41) is 10.2. The summed E-state index contributed by atoms with van der Waals surface area (Å²) >= 11 is 0. The molecule has 0 atom stereocenters. The highest BCUT2D eigenvalue weighted by Crippen LogP contribution is 2.32. The molecule has 2 heterocycles. The summed E-state index contributed by atoms with van der Waals surface area (Å²) < 4.78 is 16.7. The van der Waals surface area contributed by atoms with E-state index < -0.39 is 0 Å². The lowest BCUT2D eigenvalue weighted by Gasteiger charge is -2.29. The van der Waals surface area contributed by atoms with Gasteiger partial charge in [-0.2, -0.15) is 5.10 Å². The summed E-state index contributed by atoms with van der Waals surface area (Å²) in [4.78, 5) is 17.1. The molecular formula is C24H28N4O4. The van der Waals surface area contributed by atoms with E-state index in [9.17, 15) is 4.79 Å². The molecule has 2 N–H and O–H groups in total. The van der Waals surface area contributed by atoms with E-state index in [2.05, 4.69) is 20.5 Å². The van der Waals surface area contributed by atoms with E-state index in [-0.39, 0.29) is 18.1 Å². The number of nitrogens with zero attached hydrogens (tertiary/aromatic N) is 2. The van der Waals surface area contributed by atoms with Crippen molar-refractivity contribution in [3.8, 4) is 28.6 Å². The monoisotopic (exact) mass is 436 g/mol. The normalized spacial score (nSPS) is 18.1. The smallest absolute Gasteiger partial charge is 0.269 e. The van der Waals surface area contributed by atoms with Crippen molar-refractivity contribution in [3.63, 3.8) is 0 Å². The minimum Gasteiger partial charge on any atom is -0.497 e. The number of aromatic nitrogens is 3. The van der Waals surface area contributed by atoms with Gasteiger partial charge in [0.2, 0.25) is 5.88 Å². The van der Waals surface area contributed by atoms with Gasteiger partial charge in [-0.05, 0) is 62.4 Å². The zero-order chi connectivity index (χ0) is 22.5. The molecule has 0 spiro atoms. The number of ether oxygens (including phenoxy) is 3. The average Bonchev–Trinajstić information content (AvgIpc) is 3.32. The molecular weight excluding hydrogens is 408 g/mol. The molecule has 8 nitrogen and oxygen atoms in total. The molecule has 1 aliphatic carbocycles. The van der Waals surface area contributed by atoms with Crippen LogP contribution in [0.1, 0.15) is 41.7 Å². The van der Waals surface area contributed by atoms with Crippen LogP contribution in [0.2, 0.25) is 0 Å². The molecule has 0 saturated heterocycles. The van der Waals surface area contributed by atoms with Crippen molar-refractivity contribution in [1.29, 1.82) is 0 Å². The topological polar surface area (TPSA) is 98.4 Å². The van der Waals surface area contributed by atoms with Crippen molar-refractivity contribution >= 4 is 5.91 Å². The van der Waals surface area contributed by atoms with Gasteiger partial charge in [0.25, 0.3) is 5.91 Å². The van der Waals surface area contributed by atoms with E-state index >= 15 is 0 Å². The average molecular weight is 437 g/mol. The number of aryl methyl sites for hydroxylation is 1. The second-order valence-corrected chi connectivity index (χ2v) is 7.97. The Morgan fingerprint density at radius 2 is 1.88 bits per heavy atom. The Labute approximate surface area is 187 Å². The van der Waals surface area contributed by atoms with Crippen LogP contribution in [0, 0.1) is 6.92 Å². The van der Waals surface area contributed by atoms with Gasteiger partial charge < -0.3 is 19.5 Å². The maximum Gasteiger partial charge on any atom is 0.269 e. The van der Waals surface area contributed by atoms with Crippen LogP contribution in [0.4, 0.5) is 0 Å². The van der Waals surface area contributed by atoms with Crippen LogP contribution in [0.5, 0.6) is 17.4 Å². The van der Waals surface area contributed by atoms with E-state index in [1.807, 2.05) is 37.3 Å². The first-order valence-electron chi connectivity index (χ1n) is 10.7. The number of nitrogens with one attached hydrogen (secondary N) is 2. The summed E-state index contributed by atoms with van der Waals surface area (Å²) in [7, 11) is 3.20. The molecule has 0 bridgehead atoms. The van der Waals surface area contributed by atoms with E-state index in [0.717, 1.165) is 36.8 Å². The molecule has 2 aromatic heterocycles. The number of methoxy groups -OCH3 is 2. The third kappa shape index (κ3) is 5.01. The van der Waals surface area contributed by atoms with E-state index in [1.165, 1.54) is 0 Å². The lowest BCUT2D eigenvalue weighted by Crippen LogP contribution is -2.39. The number of carbonyl (C=O) groups is 1. The van der Waals surface area contributed by atoms with E-state index in [0.29, 0.717) is 28.8 Å². The fourth-order valence-electron chi connectivity index (χ4n) is 3.87. The number of carbonyl (C=O) groups excluding carboxylic acids is 1. The molecule has 1 fully saturated rings. The maximum absolute atomic E-state index is 12.8. The van der Waals surface area contributed by atoms with Crippen LogP contribution in [-0.2, 0) is 0 Å². The number of H-pyrrole nitrogens is 1. The molecule has 3 aromatic rings. The Bertz CT molecular complexity index is 1060. The molecule has 4 rings (SSSR count). The van der Waals surface area contributed by atoms with Crippen molar-refractivity contribution in [2.24, 2.45) is 0 Å². The van der Waals surface area contributed by atoms with Gasteiger partial charge in [0.1, 0.15) is 23.3 Å². The Hall–Kier alpha value is -3.55. The van der Waals surface area contributed by atoms with Gasteiger partial charge in [-0.1, -0.05) is 6.07 Å². The van der Waals surface area contributed by atoms with Gasteiger partial charge in [0.15, 0.2) is 0 Å². The summed E-state index contributed by atoms with van der Waals surface area (Å²) in [6, 6.07) is 11.2. The standard InChI is InChI=1S/C24H28N4O4/c1-15-4-11-23(25-14-15)32-17-7-5-16(6-8-17)26-24(29)21-13-20(27-28-21)19-12-18(30-2)9-10-22(19)31-3/h4,9-14,16-17H,5-8H2,1-3H3,(H,26,29)(H,27,28). The van der Waals surface area contributed by atoms with Crippen LogP contribution in [0.25, 0.3) is 11.3 Å². The van der Waals surface area contributed by atoms with Crippen molar-refractivity contribution in [2.45, 2.75) is 44.8 Å². The summed E-state index contributed by atoms with van der Waals surface area (Å²) in [5.41, 5.74) is 2.89. The Morgan fingerprint density at radius 1 is 1.06 bits per heavy atom. The molecule has 1 aromatic carbocycles. The Morgan fingerprint density at radius 3 is 2.56 bits per heavy atom. The quantitative estimate of drug-likeness (QED) is 0.583. The lowest BCUT2D eigenvalue weighted by molar-refractivity contribution is 0.0885. The first kappa shape index (κ1) is 21.7. The molecule has 1 saturated carbocycles. The molecule has 0 radical (unpaired) electrons. The third-order valence-corrected chi connectivity index (χ3v) is 5.69. The predicted octanol–water partition coefficient (Wildman–Crippen LogP) is 3.92. The molecule has 1 aliphatic rings. The van der Waals surface area contributed by atoms with Crippen LogP contribution in [-0.4, -0.2) is 47.5 Å². The summed E-state index contributed by atoms with van der Waals surface area (Å²) in [6.45, 7) is 2.00. The second kappa shape index (κ2) is 9.72. The number of aromatic amines is 1. The number of pyridine rings is 1. The van der Waals surface area contributed by atoms with Gasteiger partial charge in [-0.15, -0.1) is 0 Å². The number of hydrogen-bond donors (Lipinski definition) is 2. The second-order valence-electron chi connectivity index (χ2n) is 7.97. The largest absolute Gasteiger partial charge is 0.497 e. The minimum absolute atomic E-state index is 0.103. The molecule has 32 heavy (non-hydrogen) atoms. The van der Waals surface area contributed by atoms with Crippen LogP contribution >= 0.6 is 0 Å². The third-order valence-electron chi connectivity index (χ3n) is 5.69. The number of rotatable bonds is 7. The first-order valence-corrected chi connectivity index (χ1v) is 10.7. The van der Waals surface area contributed by atoms with Gasteiger partial charge >= 0.3 is 0 Å². The highest BCUT2D eigenvalue weighted by Gasteiger charge is 2.25. The fourth-order valence-corrected chi connectivity index (χ4v) is 3.87. The van der Waals surface area contributed by atoms with Gasteiger partial charge in [-0.25, -0.2) is 4.98 Å². The molecule has 0 aliphatic heterocycles. The fraction of sp³-hybridized carbons (Fsp3) is 0.375. The Kier molecular flexibility index (Phi) is 6.58. The highest BCUT2D eigenvalue weighted by atomic mass is 16.5. The van der Waals surface area contributed by atoms with Gasteiger partial charge in [0.05, 0.1) is 19.9 Å². The minimum atomic E-state index is -0.171. The van der Waals surface area contributed by atoms with Gasteiger partial charge in [-0.3, -0.25) is 9.89 Å². The molecule has 1 amide bonds. The lowest BCUT2D eigenvalue weighted by atomic mass is 9.93. The first-order chi connectivity index (χ1) is 15.6. The zero-order valence-electron chi connectivity index (χ0n) is 18.6. The maximum atomic E-state index is 12.8. The van der Waals surface area contributed by atoms with Crippen LogP contribution < -0.4 is 19.5 Å².